The maximum absolute atomic E-state index is 13.5. The molecule has 3 nitrogen and oxygen atoms in total. The lowest BCUT2D eigenvalue weighted by atomic mass is 10.1. The van der Waals surface area contributed by atoms with E-state index in [1.807, 2.05) is 0 Å². The zero-order valence-electron chi connectivity index (χ0n) is 8.02. The first kappa shape index (κ1) is 11.4. The average molecular weight is 224 g/mol. The minimum absolute atomic E-state index is 0.0269. The molecule has 6 heteroatoms. The first-order valence-electron chi connectivity index (χ1n) is 4.17. The van der Waals surface area contributed by atoms with Gasteiger partial charge in [0.2, 0.25) is 0 Å². The minimum atomic E-state index is -3.00. The largest absolute Gasteiger partial charge is 0.330 e. The van der Waals surface area contributed by atoms with Crippen LogP contribution in [-0.4, -0.2) is 16.3 Å². The van der Waals surface area contributed by atoms with Crippen LogP contribution in [0.5, 0.6) is 0 Å². The van der Waals surface area contributed by atoms with E-state index in [9.17, 15) is 8.78 Å². The molecule has 0 aromatic carbocycles. The molecule has 0 saturated carbocycles. The maximum atomic E-state index is 13.5. The topological polar surface area (TPSA) is 43.8 Å². The second-order valence-corrected chi connectivity index (χ2v) is 3.48. The highest BCUT2D eigenvalue weighted by atomic mass is 35.5. The number of nitrogens with zero attached hydrogens (tertiary/aromatic N) is 2. The fourth-order valence-electron chi connectivity index (χ4n) is 1.35. The van der Waals surface area contributed by atoms with E-state index in [1.54, 1.807) is 0 Å². The molecule has 0 amide bonds. The van der Waals surface area contributed by atoms with Crippen LogP contribution >= 0.6 is 11.6 Å². The van der Waals surface area contributed by atoms with Gasteiger partial charge in [-0.15, -0.1) is 0 Å². The Balaban J connectivity index is 3.17. The van der Waals surface area contributed by atoms with Crippen LogP contribution in [0.1, 0.15) is 17.7 Å². The van der Waals surface area contributed by atoms with Gasteiger partial charge in [-0.25, -0.2) is 8.78 Å². The zero-order chi connectivity index (χ0) is 10.9. The molecule has 1 aromatic heterocycles. The van der Waals surface area contributed by atoms with Gasteiger partial charge in [0.15, 0.2) is 0 Å². The number of nitrogens with two attached hydrogens (primary N) is 1. The zero-order valence-corrected chi connectivity index (χ0v) is 8.78. The van der Waals surface area contributed by atoms with Gasteiger partial charge in [0, 0.05) is 13.5 Å². The van der Waals surface area contributed by atoms with Gasteiger partial charge < -0.3 is 5.73 Å². The molecule has 14 heavy (non-hydrogen) atoms. The van der Waals surface area contributed by atoms with Crippen LogP contribution in [0.15, 0.2) is 0 Å². The van der Waals surface area contributed by atoms with Gasteiger partial charge in [-0.2, -0.15) is 5.10 Å². The van der Waals surface area contributed by atoms with Crippen LogP contribution in [0.4, 0.5) is 8.78 Å². The summed E-state index contributed by atoms with van der Waals surface area (Å²) in [5, 5.41) is 3.80. The first-order chi connectivity index (χ1) is 6.40. The fraction of sp³-hybridized carbons (Fsp3) is 0.625. The number of hydrogen-bond acceptors (Lipinski definition) is 2. The molecular formula is C8H12ClF2N3. The molecule has 0 aliphatic heterocycles. The summed E-state index contributed by atoms with van der Waals surface area (Å²) in [5.74, 6) is -3.00. The standard InChI is InChI=1S/C8H12ClF2N3/c1-5-6(7(9)14(2)13-5)8(10,11)3-4-12/h3-4,12H2,1-2H3. The van der Waals surface area contributed by atoms with Crippen molar-refractivity contribution in [2.45, 2.75) is 19.3 Å². The van der Waals surface area contributed by atoms with Crippen molar-refractivity contribution in [2.75, 3.05) is 6.54 Å². The summed E-state index contributed by atoms with van der Waals surface area (Å²) in [5.41, 5.74) is 5.14. The highest BCUT2D eigenvalue weighted by Crippen LogP contribution is 2.37. The summed E-state index contributed by atoms with van der Waals surface area (Å²) >= 11 is 5.71. The summed E-state index contributed by atoms with van der Waals surface area (Å²) in [7, 11) is 1.53. The Morgan fingerprint density at radius 3 is 2.50 bits per heavy atom. The number of alkyl halides is 2. The minimum Gasteiger partial charge on any atom is -0.330 e. The molecule has 80 valence electrons. The molecule has 0 atom stereocenters. The Bertz CT molecular complexity index is 336. The summed E-state index contributed by atoms with van der Waals surface area (Å²) < 4.78 is 28.2. The number of aryl methyl sites for hydroxylation is 2. The van der Waals surface area contributed by atoms with Crippen molar-refractivity contribution in [2.24, 2.45) is 12.8 Å². The second-order valence-electron chi connectivity index (χ2n) is 3.12. The van der Waals surface area contributed by atoms with E-state index >= 15 is 0 Å². The van der Waals surface area contributed by atoms with Crippen molar-refractivity contribution >= 4 is 11.6 Å². The third-order valence-electron chi connectivity index (χ3n) is 1.98. The Labute approximate surface area is 85.8 Å². The van der Waals surface area contributed by atoms with Crippen LogP contribution in [0.2, 0.25) is 5.15 Å². The SMILES string of the molecule is Cc1nn(C)c(Cl)c1C(F)(F)CCN. The summed E-state index contributed by atoms with van der Waals surface area (Å²) in [4.78, 5) is 0. The van der Waals surface area contributed by atoms with Gasteiger partial charge in [0.1, 0.15) is 5.15 Å². The predicted octanol–water partition coefficient (Wildman–Crippen LogP) is 1.82. The molecule has 0 spiro atoms. The molecule has 0 aliphatic rings. The molecule has 1 heterocycles. The smallest absolute Gasteiger partial charge is 0.279 e. The Kier molecular flexibility index (Phi) is 3.11. The third kappa shape index (κ3) is 1.88. The Morgan fingerprint density at radius 1 is 1.57 bits per heavy atom. The highest BCUT2D eigenvalue weighted by molar-refractivity contribution is 6.30. The second kappa shape index (κ2) is 3.82. The number of rotatable bonds is 3. The van der Waals surface area contributed by atoms with Crippen molar-refractivity contribution in [3.8, 4) is 0 Å². The van der Waals surface area contributed by atoms with Crippen LogP contribution in [-0.2, 0) is 13.0 Å². The highest BCUT2D eigenvalue weighted by Gasteiger charge is 2.37. The molecule has 0 fully saturated rings. The fourth-order valence-corrected chi connectivity index (χ4v) is 1.66. The van der Waals surface area contributed by atoms with Gasteiger partial charge in [0.05, 0.1) is 11.3 Å². The van der Waals surface area contributed by atoms with Gasteiger partial charge >= 0.3 is 0 Å². The molecule has 1 aromatic rings. The lowest BCUT2D eigenvalue weighted by molar-refractivity contribution is -0.0112. The normalized spacial score (nSPS) is 12.1. The molecule has 0 unspecified atom stereocenters. The molecule has 0 aliphatic carbocycles. The van der Waals surface area contributed by atoms with Crippen LogP contribution in [0.3, 0.4) is 0 Å². The molecule has 0 radical (unpaired) electrons. The van der Waals surface area contributed by atoms with Crippen LogP contribution < -0.4 is 5.73 Å². The van der Waals surface area contributed by atoms with E-state index in [4.69, 9.17) is 17.3 Å². The maximum Gasteiger partial charge on any atom is 0.279 e. The third-order valence-corrected chi connectivity index (χ3v) is 2.41. The van der Waals surface area contributed by atoms with Gasteiger partial charge in [-0.05, 0) is 13.5 Å². The van der Waals surface area contributed by atoms with Crippen molar-refractivity contribution in [3.63, 3.8) is 0 Å². The van der Waals surface area contributed by atoms with Crippen molar-refractivity contribution in [3.05, 3.63) is 16.4 Å². The van der Waals surface area contributed by atoms with Gasteiger partial charge in [0.25, 0.3) is 5.92 Å². The van der Waals surface area contributed by atoms with E-state index in [-0.39, 0.29) is 23.0 Å². The summed E-state index contributed by atoms with van der Waals surface area (Å²) in [6.07, 6.45) is -0.417. The molecule has 2 N–H and O–H groups in total. The molecule has 0 bridgehead atoms. The van der Waals surface area contributed by atoms with E-state index in [0.717, 1.165) is 0 Å². The Hall–Kier alpha value is -0.680. The summed E-state index contributed by atoms with van der Waals surface area (Å²) in [6.45, 7) is 1.42. The van der Waals surface area contributed by atoms with Crippen LogP contribution in [0.25, 0.3) is 0 Å². The average Bonchev–Trinajstić information content (AvgIpc) is 2.26. The van der Waals surface area contributed by atoms with Gasteiger partial charge in [-0.3, -0.25) is 4.68 Å². The van der Waals surface area contributed by atoms with Crippen molar-refractivity contribution in [1.29, 1.82) is 0 Å². The quantitative estimate of drug-likeness (QED) is 0.850. The Morgan fingerprint density at radius 2 is 2.14 bits per heavy atom. The molecule has 0 saturated heterocycles. The van der Waals surface area contributed by atoms with Crippen LogP contribution in [0, 0.1) is 6.92 Å². The number of hydrogen-bond donors (Lipinski definition) is 1. The van der Waals surface area contributed by atoms with Gasteiger partial charge in [-0.1, -0.05) is 11.6 Å². The van der Waals surface area contributed by atoms with E-state index in [1.165, 1.54) is 18.7 Å². The number of aromatic nitrogens is 2. The van der Waals surface area contributed by atoms with Crippen molar-refractivity contribution in [1.82, 2.24) is 9.78 Å². The molecular weight excluding hydrogens is 212 g/mol. The first-order valence-corrected chi connectivity index (χ1v) is 4.55. The molecule has 1 rings (SSSR count). The monoisotopic (exact) mass is 223 g/mol. The summed E-state index contributed by atoms with van der Waals surface area (Å²) in [6, 6.07) is 0. The predicted molar refractivity (Wildman–Crippen MR) is 50.5 cm³/mol. The number of halogens is 3. The lowest BCUT2D eigenvalue weighted by Crippen LogP contribution is -2.19. The van der Waals surface area contributed by atoms with E-state index < -0.39 is 12.3 Å². The lowest BCUT2D eigenvalue weighted by Gasteiger charge is -2.14. The van der Waals surface area contributed by atoms with E-state index in [2.05, 4.69) is 5.10 Å². The van der Waals surface area contributed by atoms with E-state index in [0.29, 0.717) is 0 Å². The van der Waals surface area contributed by atoms with Crippen molar-refractivity contribution < 1.29 is 8.78 Å².